The molecule has 0 saturated carbocycles. The zero-order chi connectivity index (χ0) is 14.4. The van der Waals surface area contributed by atoms with Gasteiger partial charge in [-0.15, -0.1) is 11.8 Å². The van der Waals surface area contributed by atoms with E-state index in [0.717, 1.165) is 13.0 Å². The maximum Gasteiger partial charge on any atom is 0.0208 e. The molecule has 0 radical (unpaired) electrons. The number of benzene rings is 2. The molecule has 1 atom stereocenters. The molecule has 0 fully saturated rings. The van der Waals surface area contributed by atoms with Crippen LogP contribution in [-0.4, -0.2) is 12.3 Å². The monoisotopic (exact) mass is 285 g/mol. The van der Waals surface area contributed by atoms with Crippen LogP contribution < -0.4 is 5.32 Å². The van der Waals surface area contributed by atoms with E-state index < -0.39 is 0 Å². The van der Waals surface area contributed by atoms with Gasteiger partial charge in [-0.25, -0.2) is 0 Å². The van der Waals surface area contributed by atoms with Crippen LogP contribution in [0.2, 0.25) is 0 Å². The minimum atomic E-state index is 0.483. The molecule has 0 heterocycles. The smallest absolute Gasteiger partial charge is 0.0208 e. The highest BCUT2D eigenvalue weighted by Crippen LogP contribution is 2.15. The van der Waals surface area contributed by atoms with Gasteiger partial charge in [-0.05, 0) is 55.3 Å². The standard InChI is InChI=1S/C18H23NS/c1-14-6-4-5-7-17(14)12-15(2)19-13-16-8-10-18(20-3)11-9-16/h4-11,15,19H,12-13H2,1-3H3. The quantitative estimate of drug-likeness (QED) is 0.788. The van der Waals surface area contributed by atoms with E-state index in [1.807, 2.05) is 0 Å². The summed E-state index contributed by atoms with van der Waals surface area (Å²) in [4.78, 5) is 1.32. The van der Waals surface area contributed by atoms with Crippen LogP contribution in [0.1, 0.15) is 23.6 Å². The lowest BCUT2D eigenvalue weighted by atomic mass is 10.0. The number of aryl methyl sites for hydroxylation is 1. The SMILES string of the molecule is CSc1ccc(CNC(C)Cc2ccccc2C)cc1. The summed E-state index contributed by atoms with van der Waals surface area (Å²) in [6.45, 7) is 5.37. The first-order valence-electron chi connectivity index (χ1n) is 7.10. The third-order valence-corrected chi connectivity index (χ3v) is 4.34. The normalized spacial score (nSPS) is 12.3. The van der Waals surface area contributed by atoms with Crippen molar-refractivity contribution in [1.82, 2.24) is 5.32 Å². The molecule has 20 heavy (non-hydrogen) atoms. The molecule has 2 aromatic carbocycles. The number of nitrogens with one attached hydrogen (secondary N) is 1. The predicted octanol–water partition coefficient (Wildman–Crippen LogP) is 4.44. The van der Waals surface area contributed by atoms with Gasteiger partial charge in [0.25, 0.3) is 0 Å². The third-order valence-electron chi connectivity index (χ3n) is 3.60. The molecule has 0 saturated heterocycles. The van der Waals surface area contributed by atoms with Crippen molar-refractivity contribution < 1.29 is 0 Å². The fourth-order valence-corrected chi connectivity index (χ4v) is 2.68. The van der Waals surface area contributed by atoms with Crippen molar-refractivity contribution in [1.29, 1.82) is 0 Å². The molecule has 0 amide bonds. The van der Waals surface area contributed by atoms with Crippen LogP contribution in [0.4, 0.5) is 0 Å². The maximum atomic E-state index is 3.61. The third kappa shape index (κ3) is 4.39. The van der Waals surface area contributed by atoms with Crippen molar-refractivity contribution in [3.63, 3.8) is 0 Å². The average molecular weight is 285 g/mol. The molecule has 2 aromatic rings. The van der Waals surface area contributed by atoms with Crippen LogP contribution in [0.5, 0.6) is 0 Å². The molecule has 106 valence electrons. The van der Waals surface area contributed by atoms with E-state index in [1.165, 1.54) is 21.6 Å². The number of hydrogen-bond donors (Lipinski definition) is 1. The molecule has 0 aromatic heterocycles. The van der Waals surface area contributed by atoms with Crippen LogP contribution in [0.25, 0.3) is 0 Å². The zero-order valence-electron chi connectivity index (χ0n) is 12.5. The van der Waals surface area contributed by atoms with Gasteiger partial charge in [0, 0.05) is 17.5 Å². The van der Waals surface area contributed by atoms with Gasteiger partial charge in [0.15, 0.2) is 0 Å². The van der Waals surface area contributed by atoms with E-state index in [1.54, 1.807) is 11.8 Å². The molecule has 0 aliphatic heterocycles. The molecule has 0 aliphatic carbocycles. The van der Waals surface area contributed by atoms with Gasteiger partial charge in [-0.3, -0.25) is 0 Å². The van der Waals surface area contributed by atoms with E-state index in [4.69, 9.17) is 0 Å². The summed E-state index contributed by atoms with van der Waals surface area (Å²) in [5, 5.41) is 3.61. The van der Waals surface area contributed by atoms with Crippen molar-refractivity contribution in [2.45, 2.75) is 37.8 Å². The van der Waals surface area contributed by atoms with Gasteiger partial charge in [-0.2, -0.15) is 0 Å². The van der Waals surface area contributed by atoms with Gasteiger partial charge < -0.3 is 5.32 Å². The molecule has 0 spiro atoms. The fraction of sp³-hybridized carbons (Fsp3) is 0.333. The highest BCUT2D eigenvalue weighted by molar-refractivity contribution is 7.98. The van der Waals surface area contributed by atoms with Gasteiger partial charge in [0.05, 0.1) is 0 Å². The molecular weight excluding hydrogens is 262 g/mol. The maximum absolute atomic E-state index is 3.61. The Kier molecular flexibility index (Phi) is 5.69. The van der Waals surface area contributed by atoms with Crippen LogP contribution >= 0.6 is 11.8 Å². The lowest BCUT2D eigenvalue weighted by molar-refractivity contribution is 0.544. The van der Waals surface area contributed by atoms with E-state index >= 15 is 0 Å². The molecule has 1 unspecified atom stereocenters. The van der Waals surface area contributed by atoms with Crippen LogP contribution in [0.15, 0.2) is 53.4 Å². The Morgan fingerprint density at radius 2 is 1.75 bits per heavy atom. The van der Waals surface area contributed by atoms with Crippen molar-refractivity contribution >= 4 is 11.8 Å². The summed E-state index contributed by atoms with van der Waals surface area (Å²) >= 11 is 1.78. The molecule has 1 nitrogen and oxygen atoms in total. The van der Waals surface area contributed by atoms with Crippen molar-refractivity contribution in [3.8, 4) is 0 Å². The summed E-state index contributed by atoms with van der Waals surface area (Å²) in [5.41, 5.74) is 4.16. The zero-order valence-corrected chi connectivity index (χ0v) is 13.3. The fourth-order valence-electron chi connectivity index (χ4n) is 2.28. The van der Waals surface area contributed by atoms with Crippen molar-refractivity contribution in [3.05, 3.63) is 65.2 Å². The summed E-state index contributed by atoms with van der Waals surface area (Å²) < 4.78 is 0. The Morgan fingerprint density at radius 1 is 1.05 bits per heavy atom. The molecule has 0 aliphatic rings. The summed E-state index contributed by atoms with van der Waals surface area (Å²) in [6.07, 6.45) is 3.19. The second kappa shape index (κ2) is 7.51. The highest BCUT2D eigenvalue weighted by atomic mass is 32.2. The van der Waals surface area contributed by atoms with Crippen LogP contribution in [0.3, 0.4) is 0 Å². The van der Waals surface area contributed by atoms with E-state index in [9.17, 15) is 0 Å². The van der Waals surface area contributed by atoms with Gasteiger partial charge in [-0.1, -0.05) is 36.4 Å². The second-order valence-electron chi connectivity index (χ2n) is 5.26. The first-order chi connectivity index (χ1) is 9.69. The Hall–Kier alpha value is -1.25. The van der Waals surface area contributed by atoms with Gasteiger partial charge in [0.2, 0.25) is 0 Å². The second-order valence-corrected chi connectivity index (χ2v) is 6.14. The summed E-state index contributed by atoms with van der Waals surface area (Å²) in [5.74, 6) is 0. The Bertz CT molecular complexity index is 533. The molecular formula is C18H23NS. The first kappa shape index (κ1) is 15.1. The lowest BCUT2D eigenvalue weighted by Crippen LogP contribution is -2.27. The number of hydrogen-bond acceptors (Lipinski definition) is 2. The highest BCUT2D eigenvalue weighted by Gasteiger charge is 2.05. The van der Waals surface area contributed by atoms with Gasteiger partial charge >= 0.3 is 0 Å². The predicted molar refractivity (Wildman–Crippen MR) is 89.4 cm³/mol. The topological polar surface area (TPSA) is 12.0 Å². The molecule has 1 N–H and O–H groups in total. The van der Waals surface area contributed by atoms with E-state index in [2.05, 4.69) is 74.0 Å². The Morgan fingerprint density at radius 3 is 2.40 bits per heavy atom. The average Bonchev–Trinajstić information content (AvgIpc) is 2.48. The Balaban J connectivity index is 1.85. The number of thioether (sulfide) groups is 1. The molecule has 2 rings (SSSR count). The molecule has 0 bridgehead atoms. The number of rotatable bonds is 6. The van der Waals surface area contributed by atoms with Crippen LogP contribution in [-0.2, 0) is 13.0 Å². The van der Waals surface area contributed by atoms with Crippen molar-refractivity contribution in [2.24, 2.45) is 0 Å². The minimum absolute atomic E-state index is 0.483. The van der Waals surface area contributed by atoms with Crippen LogP contribution in [0, 0.1) is 6.92 Å². The van der Waals surface area contributed by atoms with E-state index in [0.29, 0.717) is 6.04 Å². The van der Waals surface area contributed by atoms with Gasteiger partial charge in [0.1, 0.15) is 0 Å². The summed E-state index contributed by atoms with van der Waals surface area (Å²) in [7, 11) is 0. The largest absolute Gasteiger partial charge is 0.310 e. The lowest BCUT2D eigenvalue weighted by Gasteiger charge is -2.15. The van der Waals surface area contributed by atoms with Crippen molar-refractivity contribution in [2.75, 3.05) is 6.26 Å². The Labute approximate surface area is 126 Å². The molecule has 2 heteroatoms. The summed E-state index contributed by atoms with van der Waals surface area (Å²) in [6, 6.07) is 17.9. The van der Waals surface area contributed by atoms with E-state index in [-0.39, 0.29) is 0 Å². The first-order valence-corrected chi connectivity index (χ1v) is 8.32. The minimum Gasteiger partial charge on any atom is -0.310 e.